The lowest BCUT2D eigenvalue weighted by Crippen LogP contribution is -2.40. The van der Waals surface area contributed by atoms with E-state index in [1.807, 2.05) is 4.67 Å². The van der Waals surface area contributed by atoms with Gasteiger partial charge in [0, 0.05) is 19.3 Å². The number of ether oxygens (including phenoxy) is 1. The zero-order valence-corrected chi connectivity index (χ0v) is 13.7. The first-order valence-electron chi connectivity index (χ1n) is 5.76. The Morgan fingerprint density at radius 3 is 2.06 bits per heavy atom. The zero-order chi connectivity index (χ0) is 13.4. The summed E-state index contributed by atoms with van der Waals surface area (Å²) in [5, 5.41) is 0. The summed E-state index contributed by atoms with van der Waals surface area (Å²) in [6.45, 7) is 12.9. The summed E-state index contributed by atoms with van der Waals surface area (Å²) in [6.07, 6.45) is 0. The van der Waals surface area contributed by atoms with E-state index < -0.39 is 0 Å². The lowest BCUT2D eigenvalue weighted by Gasteiger charge is -2.41. The molecule has 0 aromatic heterocycles. The van der Waals surface area contributed by atoms with Crippen LogP contribution in [0.5, 0.6) is 0 Å². The van der Waals surface area contributed by atoms with Crippen molar-refractivity contribution < 1.29 is 9.53 Å². The molecular weight excluding hydrogens is 252 g/mol. The van der Waals surface area contributed by atoms with E-state index in [0.29, 0.717) is 8.42 Å². The molecule has 0 N–H and O–H groups in total. The van der Waals surface area contributed by atoms with Crippen LogP contribution in [-0.2, 0) is 9.53 Å². The van der Waals surface area contributed by atoms with Crippen LogP contribution in [0.15, 0.2) is 11.5 Å². The van der Waals surface area contributed by atoms with Crippen molar-refractivity contribution in [3.63, 3.8) is 0 Å². The summed E-state index contributed by atoms with van der Waals surface area (Å²) in [6, 6.07) is 0. The van der Waals surface area contributed by atoms with E-state index in [0.717, 1.165) is 11.5 Å². The van der Waals surface area contributed by atoms with Gasteiger partial charge in [-0.25, -0.2) is 0 Å². The van der Waals surface area contributed by atoms with Gasteiger partial charge >= 0.3 is 0 Å². The van der Waals surface area contributed by atoms with Gasteiger partial charge in [-0.15, -0.1) is 0 Å². The number of hydrogen-bond donors (Lipinski definition) is 0. The average molecular weight is 275 g/mol. The molecule has 1 aliphatic heterocycles. The molecule has 1 amide bonds. The fraction of sp³-hybridized carbons (Fsp3) is 0.750. The number of carbonyl (C=O) groups excluding carboxylic acids is 1. The summed E-state index contributed by atoms with van der Waals surface area (Å²) < 4.78 is 7.57. The third-order valence-electron chi connectivity index (χ3n) is 2.55. The Kier molecular flexibility index (Phi) is 4.27. The summed E-state index contributed by atoms with van der Waals surface area (Å²) in [5.41, 5.74) is 0.850. The second-order valence-electron chi connectivity index (χ2n) is 6.32. The van der Waals surface area contributed by atoms with Crippen LogP contribution >= 0.6 is 17.3 Å². The van der Waals surface area contributed by atoms with Crippen LogP contribution in [-0.4, -0.2) is 17.2 Å². The van der Waals surface area contributed by atoms with E-state index in [1.165, 1.54) is 0 Å². The van der Waals surface area contributed by atoms with Gasteiger partial charge in [-0.05, 0) is 0 Å². The first kappa shape index (κ1) is 14.9. The number of amides is 1. The number of hydrogen-bond acceptors (Lipinski definition) is 2. The van der Waals surface area contributed by atoms with Crippen molar-refractivity contribution in [2.45, 2.75) is 41.5 Å². The third-order valence-corrected chi connectivity index (χ3v) is 4.05. The molecule has 2 unspecified atom stereocenters. The highest BCUT2D eigenvalue weighted by Crippen LogP contribution is 2.46. The monoisotopic (exact) mass is 275 g/mol. The van der Waals surface area contributed by atoms with Crippen molar-refractivity contribution in [3.8, 4) is 0 Å². The molecule has 0 aromatic rings. The molecule has 1 heterocycles. The lowest BCUT2D eigenvalue weighted by molar-refractivity contribution is -0.132. The first-order chi connectivity index (χ1) is 7.59. The molecule has 0 aliphatic carbocycles. The van der Waals surface area contributed by atoms with Crippen molar-refractivity contribution in [2.24, 2.45) is 10.8 Å². The zero-order valence-electron chi connectivity index (χ0n) is 11.5. The molecule has 98 valence electrons. The van der Waals surface area contributed by atoms with Gasteiger partial charge in [-0.3, -0.25) is 9.46 Å². The maximum absolute atomic E-state index is 11.9. The quantitative estimate of drug-likeness (QED) is 0.685. The van der Waals surface area contributed by atoms with Crippen LogP contribution in [0.25, 0.3) is 0 Å². The Hall–Kier alpha value is -0.130. The molecule has 1 rings (SSSR count). The second kappa shape index (κ2) is 4.86. The van der Waals surface area contributed by atoms with Crippen LogP contribution in [0.2, 0.25) is 0 Å². The van der Waals surface area contributed by atoms with Crippen molar-refractivity contribution in [1.29, 1.82) is 0 Å². The fourth-order valence-corrected chi connectivity index (χ4v) is 3.47. The summed E-state index contributed by atoms with van der Waals surface area (Å²) >= 11 is 0. The second-order valence-corrected chi connectivity index (χ2v) is 7.80. The van der Waals surface area contributed by atoms with Crippen molar-refractivity contribution in [3.05, 3.63) is 11.5 Å². The van der Waals surface area contributed by atoms with E-state index in [9.17, 15) is 4.79 Å². The van der Waals surface area contributed by atoms with Gasteiger partial charge in [-0.2, -0.15) is 0 Å². The highest BCUT2D eigenvalue weighted by molar-refractivity contribution is 8.01. The van der Waals surface area contributed by atoms with E-state index in [4.69, 9.17) is 4.74 Å². The molecule has 0 saturated heterocycles. The molecule has 1 aliphatic rings. The van der Waals surface area contributed by atoms with Gasteiger partial charge in [0.05, 0.1) is 5.70 Å². The maximum Gasteiger partial charge on any atom is 0.268 e. The standard InChI is InChI=1S/C12H23NO2P2/c1-11(2,3)9-10(12(4,5)6)15-7-8(14)13(9)17-16/h17H,7,16H2,1-6H3. The molecule has 0 spiro atoms. The predicted octanol–water partition coefficient (Wildman–Crippen LogP) is 3.53. The Bertz CT molecular complexity index is 350. The van der Waals surface area contributed by atoms with Crippen LogP contribution in [0.3, 0.4) is 0 Å². The van der Waals surface area contributed by atoms with Gasteiger partial charge in [0.15, 0.2) is 6.61 Å². The summed E-state index contributed by atoms with van der Waals surface area (Å²) in [7, 11) is 3.02. The van der Waals surface area contributed by atoms with Crippen molar-refractivity contribution in [1.82, 2.24) is 4.67 Å². The molecule has 0 aromatic carbocycles. The van der Waals surface area contributed by atoms with Crippen LogP contribution in [0.1, 0.15) is 41.5 Å². The molecule has 0 fully saturated rings. The Morgan fingerprint density at radius 1 is 1.18 bits per heavy atom. The Morgan fingerprint density at radius 2 is 1.71 bits per heavy atom. The van der Waals surface area contributed by atoms with E-state index in [1.54, 1.807) is 0 Å². The third kappa shape index (κ3) is 3.20. The molecule has 2 atom stereocenters. The number of rotatable bonds is 1. The smallest absolute Gasteiger partial charge is 0.268 e. The topological polar surface area (TPSA) is 29.5 Å². The van der Waals surface area contributed by atoms with E-state index >= 15 is 0 Å². The van der Waals surface area contributed by atoms with Gasteiger partial charge in [0.2, 0.25) is 0 Å². The molecular formula is C12H23NO2P2. The first-order valence-corrected chi connectivity index (χ1v) is 8.52. The molecule has 0 bridgehead atoms. The number of allylic oxidation sites excluding steroid dienone is 2. The minimum atomic E-state index is -0.0950. The largest absolute Gasteiger partial charge is 0.486 e. The Balaban J connectivity index is 3.39. The fourth-order valence-electron chi connectivity index (χ4n) is 1.88. The van der Waals surface area contributed by atoms with Gasteiger partial charge in [0.25, 0.3) is 5.91 Å². The van der Waals surface area contributed by atoms with Gasteiger partial charge in [-0.1, -0.05) is 50.5 Å². The normalized spacial score (nSPS) is 19.2. The SMILES string of the molecule is CC(C)(C)C1=C(C(C)(C)C)N(PP)C(=O)CO1. The molecule has 5 heteroatoms. The van der Waals surface area contributed by atoms with Crippen LogP contribution in [0.4, 0.5) is 0 Å². The average Bonchev–Trinajstić information content (AvgIpc) is 2.13. The number of nitrogens with zero attached hydrogens (tertiary/aromatic N) is 1. The summed E-state index contributed by atoms with van der Waals surface area (Å²) in [4.78, 5) is 11.9. The van der Waals surface area contributed by atoms with E-state index in [2.05, 4.69) is 50.5 Å². The highest BCUT2D eigenvalue weighted by atomic mass is 32.0. The van der Waals surface area contributed by atoms with Crippen LogP contribution < -0.4 is 0 Å². The number of carbonyl (C=O) groups is 1. The van der Waals surface area contributed by atoms with Gasteiger partial charge in [0.1, 0.15) is 5.76 Å². The highest BCUT2D eigenvalue weighted by Gasteiger charge is 2.38. The van der Waals surface area contributed by atoms with E-state index in [-0.39, 0.29) is 23.3 Å². The Labute approximate surface area is 108 Å². The van der Waals surface area contributed by atoms with Crippen molar-refractivity contribution >= 4 is 23.3 Å². The summed E-state index contributed by atoms with van der Waals surface area (Å²) in [5.74, 6) is 0.996. The predicted molar refractivity (Wildman–Crippen MR) is 76.8 cm³/mol. The molecule has 0 saturated carbocycles. The molecule has 17 heavy (non-hydrogen) atoms. The minimum Gasteiger partial charge on any atom is -0.486 e. The molecule has 0 radical (unpaired) electrons. The lowest BCUT2D eigenvalue weighted by atomic mass is 9.83. The van der Waals surface area contributed by atoms with Crippen molar-refractivity contribution in [2.75, 3.05) is 6.61 Å². The van der Waals surface area contributed by atoms with Gasteiger partial charge < -0.3 is 4.74 Å². The van der Waals surface area contributed by atoms with Crippen LogP contribution in [0, 0.1) is 10.8 Å². The molecule has 3 nitrogen and oxygen atoms in total. The minimum absolute atomic E-state index is 0.0521. The maximum atomic E-state index is 11.9.